The van der Waals surface area contributed by atoms with E-state index in [1.54, 1.807) is 0 Å². The van der Waals surface area contributed by atoms with Gasteiger partial charge in [0, 0.05) is 32.6 Å². The van der Waals surface area contributed by atoms with Gasteiger partial charge < -0.3 is 9.88 Å². The third kappa shape index (κ3) is 2.88. The Morgan fingerprint density at radius 1 is 1.30 bits per heavy atom. The van der Waals surface area contributed by atoms with Crippen LogP contribution in [0.1, 0.15) is 35.8 Å². The van der Waals surface area contributed by atoms with E-state index >= 15 is 0 Å². The highest BCUT2D eigenvalue weighted by molar-refractivity contribution is 5.84. The third-order valence-electron chi connectivity index (χ3n) is 4.72. The van der Waals surface area contributed by atoms with E-state index < -0.39 is 0 Å². The van der Waals surface area contributed by atoms with E-state index in [0.29, 0.717) is 6.04 Å². The summed E-state index contributed by atoms with van der Waals surface area (Å²) in [5.74, 6) is 0.119. The third-order valence-corrected chi connectivity index (χ3v) is 4.72. The molecular formula is C18H22N4O. The summed E-state index contributed by atoms with van der Waals surface area (Å²) in [6.07, 6.45) is 4.94. The Morgan fingerprint density at radius 2 is 2.09 bits per heavy atom. The van der Waals surface area contributed by atoms with Gasteiger partial charge in [-0.2, -0.15) is 0 Å². The van der Waals surface area contributed by atoms with E-state index in [2.05, 4.69) is 27.3 Å². The molecule has 1 atom stereocenters. The second-order valence-corrected chi connectivity index (χ2v) is 6.58. The molecule has 1 saturated carbocycles. The average Bonchev–Trinajstić information content (AvgIpc) is 3.30. The highest BCUT2D eigenvalue weighted by atomic mass is 16.2. The Balaban J connectivity index is 1.64. The number of hydrogen-bond acceptors (Lipinski definition) is 3. The molecule has 0 spiro atoms. The van der Waals surface area contributed by atoms with Crippen molar-refractivity contribution in [3.8, 4) is 0 Å². The number of carbonyl (C=O) groups is 1. The van der Waals surface area contributed by atoms with Gasteiger partial charge in [0.15, 0.2) is 0 Å². The summed E-state index contributed by atoms with van der Waals surface area (Å²) >= 11 is 0. The summed E-state index contributed by atoms with van der Waals surface area (Å²) in [7, 11) is 1.98. The van der Waals surface area contributed by atoms with Gasteiger partial charge in [0.25, 0.3) is 0 Å². The number of nitrogens with zero attached hydrogens (tertiary/aromatic N) is 3. The summed E-state index contributed by atoms with van der Waals surface area (Å²) in [5.41, 5.74) is 3.35. The number of benzene rings is 1. The number of hydrogen-bond donors (Lipinski definition) is 1. The van der Waals surface area contributed by atoms with Crippen molar-refractivity contribution >= 4 is 5.91 Å². The van der Waals surface area contributed by atoms with Gasteiger partial charge in [0.05, 0.1) is 17.7 Å². The van der Waals surface area contributed by atoms with Crippen molar-refractivity contribution in [2.75, 3.05) is 6.54 Å². The topological polar surface area (TPSA) is 50.2 Å². The van der Waals surface area contributed by atoms with Crippen LogP contribution in [0.2, 0.25) is 0 Å². The van der Waals surface area contributed by atoms with E-state index in [4.69, 9.17) is 0 Å². The van der Waals surface area contributed by atoms with E-state index in [1.807, 2.05) is 36.1 Å². The molecule has 1 amide bonds. The smallest absolute Gasteiger partial charge is 0.243 e. The summed E-state index contributed by atoms with van der Waals surface area (Å²) in [6, 6.07) is 10.5. The van der Waals surface area contributed by atoms with Gasteiger partial charge in [0.1, 0.15) is 6.04 Å². The van der Waals surface area contributed by atoms with Gasteiger partial charge >= 0.3 is 0 Å². The number of rotatable bonds is 4. The zero-order valence-electron chi connectivity index (χ0n) is 13.4. The SMILES string of the molecule is Cn1cnc2c1C(C(=O)NC1CC1)N(Cc1ccccc1)CC2. The number of aryl methyl sites for hydroxylation is 1. The van der Waals surface area contributed by atoms with E-state index in [-0.39, 0.29) is 11.9 Å². The van der Waals surface area contributed by atoms with Crippen molar-refractivity contribution in [1.82, 2.24) is 19.8 Å². The molecule has 1 fully saturated rings. The number of fused-ring (bicyclic) bond motifs is 1. The molecule has 23 heavy (non-hydrogen) atoms. The first-order valence-electron chi connectivity index (χ1n) is 8.31. The van der Waals surface area contributed by atoms with Gasteiger partial charge in [-0.1, -0.05) is 30.3 Å². The molecule has 1 N–H and O–H groups in total. The summed E-state index contributed by atoms with van der Waals surface area (Å²) in [4.78, 5) is 19.6. The van der Waals surface area contributed by atoms with Crippen LogP contribution in [0.3, 0.4) is 0 Å². The first-order valence-corrected chi connectivity index (χ1v) is 8.31. The largest absolute Gasteiger partial charge is 0.352 e. The number of carbonyl (C=O) groups excluding carboxylic acids is 1. The second kappa shape index (κ2) is 5.81. The summed E-state index contributed by atoms with van der Waals surface area (Å²) in [5, 5.41) is 3.18. The molecule has 1 aliphatic heterocycles. The van der Waals surface area contributed by atoms with E-state index in [9.17, 15) is 4.79 Å². The number of imidazole rings is 1. The predicted octanol–water partition coefficient (Wildman–Crippen LogP) is 1.80. The maximum Gasteiger partial charge on any atom is 0.243 e. The summed E-state index contributed by atoms with van der Waals surface area (Å²) in [6.45, 7) is 1.65. The maximum atomic E-state index is 12.9. The molecule has 1 aromatic carbocycles. The zero-order chi connectivity index (χ0) is 15.8. The van der Waals surface area contributed by atoms with Crippen LogP contribution in [0, 0.1) is 0 Å². The van der Waals surface area contributed by atoms with E-state index in [0.717, 1.165) is 43.7 Å². The second-order valence-electron chi connectivity index (χ2n) is 6.58. The molecule has 2 aromatic rings. The molecule has 0 bridgehead atoms. The minimum absolute atomic E-state index is 0.119. The molecule has 0 radical (unpaired) electrons. The fraction of sp³-hybridized carbons (Fsp3) is 0.444. The molecular weight excluding hydrogens is 288 g/mol. The number of nitrogens with one attached hydrogen (secondary N) is 1. The number of amides is 1. The molecule has 0 saturated heterocycles. The van der Waals surface area contributed by atoms with E-state index in [1.165, 1.54) is 5.56 Å². The first-order chi connectivity index (χ1) is 11.2. The van der Waals surface area contributed by atoms with Crippen LogP contribution in [0.5, 0.6) is 0 Å². The molecule has 5 nitrogen and oxygen atoms in total. The predicted molar refractivity (Wildman–Crippen MR) is 87.7 cm³/mol. The van der Waals surface area contributed by atoms with Crippen LogP contribution >= 0.6 is 0 Å². The average molecular weight is 310 g/mol. The normalized spacial score (nSPS) is 21.0. The molecule has 1 unspecified atom stereocenters. The zero-order valence-corrected chi connectivity index (χ0v) is 13.4. The Bertz CT molecular complexity index is 705. The van der Waals surface area contributed by atoms with Gasteiger partial charge in [0.2, 0.25) is 5.91 Å². The lowest BCUT2D eigenvalue weighted by molar-refractivity contribution is -0.127. The quantitative estimate of drug-likeness (QED) is 0.937. The maximum absolute atomic E-state index is 12.9. The molecule has 2 aliphatic rings. The molecule has 2 heterocycles. The van der Waals surface area contributed by atoms with Crippen LogP contribution < -0.4 is 5.32 Å². The first kappa shape index (κ1) is 14.5. The molecule has 5 heteroatoms. The lowest BCUT2D eigenvalue weighted by Gasteiger charge is -2.35. The Morgan fingerprint density at radius 3 is 2.83 bits per heavy atom. The van der Waals surface area contributed by atoms with Crippen LogP contribution in [0.25, 0.3) is 0 Å². The van der Waals surface area contributed by atoms with Crippen LogP contribution in [0.15, 0.2) is 36.7 Å². The van der Waals surface area contributed by atoms with Crippen molar-refractivity contribution in [1.29, 1.82) is 0 Å². The lowest BCUT2D eigenvalue weighted by Crippen LogP contribution is -2.45. The van der Waals surface area contributed by atoms with Crippen LogP contribution in [-0.2, 0) is 24.8 Å². The van der Waals surface area contributed by atoms with Crippen molar-refractivity contribution in [2.24, 2.45) is 7.05 Å². The molecule has 1 aromatic heterocycles. The Hall–Kier alpha value is -2.14. The fourth-order valence-electron chi connectivity index (χ4n) is 3.37. The lowest BCUT2D eigenvalue weighted by atomic mass is 10.0. The molecule has 1 aliphatic carbocycles. The van der Waals surface area contributed by atoms with Gasteiger partial charge in [-0.05, 0) is 18.4 Å². The Kier molecular flexibility index (Phi) is 3.65. The molecule has 120 valence electrons. The van der Waals surface area contributed by atoms with Gasteiger partial charge in [-0.25, -0.2) is 4.98 Å². The van der Waals surface area contributed by atoms with Crippen molar-refractivity contribution in [2.45, 2.75) is 37.9 Å². The standard InChI is InChI=1S/C18H22N4O/c1-21-12-19-15-9-10-22(11-13-5-3-2-4-6-13)17(16(15)21)18(23)20-14-7-8-14/h2-6,12,14,17H,7-11H2,1H3,(H,20,23). The van der Waals surface area contributed by atoms with Crippen molar-refractivity contribution in [3.05, 3.63) is 53.6 Å². The highest BCUT2D eigenvalue weighted by Gasteiger charge is 2.38. The minimum Gasteiger partial charge on any atom is -0.352 e. The fourth-order valence-corrected chi connectivity index (χ4v) is 3.37. The van der Waals surface area contributed by atoms with Gasteiger partial charge in [-0.3, -0.25) is 9.69 Å². The number of aromatic nitrogens is 2. The van der Waals surface area contributed by atoms with Crippen molar-refractivity contribution < 1.29 is 4.79 Å². The summed E-state index contributed by atoms with van der Waals surface area (Å²) < 4.78 is 2.00. The highest BCUT2D eigenvalue weighted by Crippen LogP contribution is 2.31. The monoisotopic (exact) mass is 310 g/mol. The van der Waals surface area contributed by atoms with Crippen LogP contribution in [0.4, 0.5) is 0 Å². The van der Waals surface area contributed by atoms with Gasteiger partial charge in [-0.15, -0.1) is 0 Å². The Labute approximate surface area is 136 Å². The molecule has 4 rings (SSSR count). The van der Waals surface area contributed by atoms with Crippen LogP contribution in [-0.4, -0.2) is 32.9 Å². The van der Waals surface area contributed by atoms with Crippen molar-refractivity contribution in [3.63, 3.8) is 0 Å². The minimum atomic E-state index is -0.243.